The van der Waals surface area contributed by atoms with Gasteiger partial charge in [-0.1, -0.05) is 0 Å². The fourth-order valence-electron chi connectivity index (χ4n) is 2.34. The highest BCUT2D eigenvalue weighted by Crippen LogP contribution is 2.16. The summed E-state index contributed by atoms with van der Waals surface area (Å²) >= 11 is 0. The van der Waals surface area contributed by atoms with Gasteiger partial charge in [0.2, 0.25) is 5.91 Å². The largest absolute Gasteiger partial charge is 0.389 e. The number of amides is 1. The smallest absolute Gasteiger partial charge is 0.358 e. The highest BCUT2D eigenvalue weighted by molar-refractivity contribution is 5.76. The average molecular weight is 267 g/mol. The molecular weight excluding hydrogens is 250 g/mol. The summed E-state index contributed by atoms with van der Waals surface area (Å²) < 4.78 is 1.29. The number of nitrogens with two attached hydrogens (primary N) is 1. The van der Waals surface area contributed by atoms with Crippen molar-refractivity contribution in [3.05, 3.63) is 22.4 Å². The fourth-order valence-corrected chi connectivity index (χ4v) is 2.34. The van der Waals surface area contributed by atoms with E-state index in [9.17, 15) is 14.9 Å². The normalized spacial score (nSPS) is 19.4. The molecular formula is C11H17N5O3. The minimum atomic E-state index is -0.579. The topological polar surface area (TPSA) is 107 Å². The number of nitrogens with zero attached hydrogens (tertiary/aromatic N) is 4. The molecule has 1 aliphatic rings. The number of piperidine rings is 1. The van der Waals surface area contributed by atoms with Crippen molar-refractivity contribution < 1.29 is 9.72 Å². The second kappa shape index (κ2) is 5.79. The fraction of sp³-hybridized carbons (Fsp3) is 0.636. The number of nitro groups is 1. The zero-order valence-corrected chi connectivity index (χ0v) is 10.6. The maximum atomic E-state index is 12.2. The van der Waals surface area contributed by atoms with Crippen molar-refractivity contribution >= 4 is 11.7 Å². The molecule has 2 N–H and O–H groups in total. The number of rotatable bonds is 4. The second-order valence-electron chi connectivity index (χ2n) is 4.60. The van der Waals surface area contributed by atoms with E-state index in [1.165, 1.54) is 16.9 Å². The molecule has 1 atom stereocenters. The first-order chi connectivity index (χ1) is 9.11. The second-order valence-corrected chi connectivity index (χ2v) is 4.60. The molecule has 1 aromatic heterocycles. The molecule has 1 fully saturated rings. The summed E-state index contributed by atoms with van der Waals surface area (Å²) in [6.45, 7) is 1.17. The summed E-state index contributed by atoms with van der Waals surface area (Å²) in [5.41, 5.74) is 5.66. The SMILES string of the molecule is NCC1CCCCN1C(=O)Cn1ccc([N+](=O)[O-])n1. The molecule has 8 nitrogen and oxygen atoms in total. The van der Waals surface area contributed by atoms with Gasteiger partial charge in [-0.05, 0) is 24.2 Å². The van der Waals surface area contributed by atoms with E-state index in [-0.39, 0.29) is 24.3 Å². The molecule has 1 saturated heterocycles. The molecule has 1 aliphatic heterocycles. The molecule has 1 unspecified atom stereocenters. The van der Waals surface area contributed by atoms with Crippen LogP contribution in [0.2, 0.25) is 0 Å². The van der Waals surface area contributed by atoms with Crippen LogP contribution in [0, 0.1) is 10.1 Å². The van der Waals surface area contributed by atoms with Crippen LogP contribution in [0.4, 0.5) is 5.82 Å². The highest BCUT2D eigenvalue weighted by atomic mass is 16.6. The third-order valence-corrected chi connectivity index (χ3v) is 3.33. The van der Waals surface area contributed by atoms with Crippen molar-refractivity contribution in [3.63, 3.8) is 0 Å². The Hall–Kier alpha value is -1.96. The highest BCUT2D eigenvalue weighted by Gasteiger charge is 2.26. The lowest BCUT2D eigenvalue weighted by atomic mass is 10.0. The van der Waals surface area contributed by atoms with Crippen LogP contribution in [-0.4, -0.2) is 44.6 Å². The van der Waals surface area contributed by atoms with Gasteiger partial charge in [0.05, 0.1) is 17.4 Å². The number of carbonyl (C=O) groups excluding carboxylic acids is 1. The zero-order valence-electron chi connectivity index (χ0n) is 10.6. The summed E-state index contributed by atoms with van der Waals surface area (Å²) in [4.78, 5) is 23.9. The minimum absolute atomic E-state index is 0.0182. The van der Waals surface area contributed by atoms with E-state index in [2.05, 4.69) is 5.10 Å². The van der Waals surface area contributed by atoms with E-state index in [0.717, 1.165) is 19.3 Å². The predicted octanol–water partition coefficient (Wildman–Crippen LogP) is 0.131. The Morgan fingerprint density at radius 1 is 1.58 bits per heavy atom. The van der Waals surface area contributed by atoms with Gasteiger partial charge in [0.1, 0.15) is 6.54 Å². The molecule has 0 aliphatic carbocycles. The Balaban J connectivity index is 2.00. The number of aromatic nitrogens is 2. The molecule has 0 spiro atoms. The van der Waals surface area contributed by atoms with Crippen LogP contribution < -0.4 is 5.73 Å². The van der Waals surface area contributed by atoms with E-state index < -0.39 is 4.92 Å². The van der Waals surface area contributed by atoms with Crippen LogP contribution in [0.25, 0.3) is 0 Å². The standard InChI is InChI=1S/C11H17N5O3/c12-7-9-3-1-2-5-15(9)11(17)8-14-6-4-10(13-14)16(18)19/h4,6,9H,1-3,5,7-8,12H2. The third-order valence-electron chi connectivity index (χ3n) is 3.33. The molecule has 2 heterocycles. The maximum Gasteiger partial charge on any atom is 0.389 e. The van der Waals surface area contributed by atoms with Crippen LogP contribution in [-0.2, 0) is 11.3 Å². The average Bonchev–Trinajstić information content (AvgIpc) is 2.87. The summed E-state index contributed by atoms with van der Waals surface area (Å²) in [7, 11) is 0. The lowest BCUT2D eigenvalue weighted by Crippen LogP contribution is -2.48. The van der Waals surface area contributed by atoms with E-state index >= 15 is 0 Å². The van der Waals surface area contributed by atoms with Gasteiger partial charge in [0.15, 0.2) is 0 Å². The van der Waals surface area contributed by atoms with Gasteiger partial charge in [0, 0.05) is 19.1 Å². The van der Waals surface area contributed by atoms with Gasteiger partial charge < -0.3 is 20.7 Å². The summed E-state index contributed by atoms with van der Waals surface area (Å²) in [5.74, 6) is -0.338. The Kier molecular flexibility index (Phi) is 4.10. The first kappa shape index (κ1) is 13.5. The van der Waals surface area contributed by atoms with Gasteiger partial charge >= 0.3 is 5.82 Å². The van der Waals surface area contributed by atoms with Gasteiger partial charge in [-0.25, -0.2) is 0 Å². The van der Waals surface area contributed by atoms with Crippen molar-refractivity contribution in [2.75, 3.05) is 13.1 Å². The third kappa shape index (κ3) is 3.08. The molecule has 1 aromatic rings. The lowest BCUT2D eigenvalue weighted by Gasteiger charge is -2.34. The van der Waals surface area contributed by atoms with E-state index in [1.807, 2.05) is 0 Å². The van der Waals surface area contributed by atoms with Crippen molar-refractivity contribution in [3.8, 4) is 0 Å². The van der Waals surface area contributed by atoms with Crippen LogP contribution in [0.1, 0.15) is 19.3 Å². The number of hydrogen-bond acceptors (Lipinski definition) is 5. The quantitative estimate of drug-likeness (QED) is 0.616. The predicted molar refractivity (Wildman–Crippen MR) is 67.3 cm³/mol. The molecule has 0 radical (unpaired) electrons. The first-order valence-electron chi connectivity index (χ1n) is 6.29. The summed E-state index contributed by atoms with van der Waals surface area (Å²) in [5, 5.41) is 14.3. The molecule has 1 amide bonds. The van der Waals surface area contributed by atoms with Crippen molar-refractivity contribution in [2.45, 2.75) is 31.8 Å². The molecule has 104 valence electrons. The van der Waals surface area contributed by atoms with Crippen LogP contribution in [0.3, 0.4) is 0 Å². The Morgan fingerprint density at radius 2 is 2.37 bits per heavy atom. The lowest BCUT2D eigenvalue weighted by molar-refractivity contribution is -0.389. The maximum absolute atomic E-state index is 12.2. The van der Waals surface area contributed by atoms with Crippen LogP contribution >= 0.6 is 0 Å². The molecule has 0 aromatic carbocycles. The molecule has 8 heteroatoms. The van der Waals surface area contributed by atoms with Crippen molar-refractivity contribution in [1.82, 2.24) is 14.7 Å². The number of likely N-dealkylation sites (tertiary alicyclic amines) is 1. The summed E-state index contributed by atoms with van der Waals surface area (Å²) in [6, 6.07) is 1.36. The van der Waals surface area contributed by atoms with E-state index in [4.69, 9.17) is 5.73 Å². The summed E-state index contributed by atoms with van der Waals surface area (Å²) in [6.07, 6.45) is 4.42. The molecule has 0 bridgehead atoms. The Morgan fingerprint density at radius 3 is 3.00 bits per heavy atom. The van der Waals surface area contributed by atoms with Gasteiger partial charge in [-0.3, -0.25) is 4.79 Å². The monoisotopic (exact) mass is 267 g/mol. The van der Waals surface area contributed by atoms with Gasteiger partial charge in [0.25, 0.3) is 0 Å². The Bertz CT molecular complexity index is 473. The molecule has 19 heavy (non-hydrogen) atoms. The number of hydrogen-bond donors (Lipinski definition) is 1. The van der Waals surface area contributed by atoms with Crippen LogP contribution in [0.5, 0.6) is 0 Å². The Labute approximate surface area is 110 Å². The first-order valence-corrected chi connectivity index (χ1v) is 6.29. The van der Waals surface area contributed by atoms with Crippen molar-refractivity contribution in [1.29, 1.82) is 0 Å². The van der Waals surface area contributed by atoms with Gasteiger partial charge in [-0.2, -0.15) is 4.68 Å². The molecule has 2 rings (SSSR count). The van der Waals surface area contributed by atoms with E-state index in [0.29, 0.717) is 13.1 Å². The van der Waals surface area contributed by atoms with Crippen LogP contribution in [0.15, 0.2) is 12.3 Å². The van der Waals surface area contributed by atoms with E-state index in [1.54, 1.807) is 4.90 Å². The van der Waals surface area contributed by atoms with Crippen molar-refractivity contribution in [2.24, 2.45) is 5.73 Å². The zero-order chi connectivity index (χ0) is 13.8. The minimum Gasteiger partial charge on any atom is -0.358 e. The molecule has 0 saturated carbocycles. The number of carbonyl (C=O) groups is 1. The van der Waals surface area contributed by atoms with Gasteiger partial charge in [-0.15, -0.1) is 0 Å².